The quantitative estimate of drug-likeness (QED) is 0.472. The van der Waals surface area contributed by atoms with Crippen LogP contribution in [0.2, 0.25) is 0 Å². The minimum atomic E-state index is -1.01. The Morgan fingerprint density at radius 2 is 1.83 bits per heavy atom. The molecule has 0 atom stereocenters. The van der Waals surface area contributed by atoms with E-state index in [4.69, 9.17) is 19.4 Å². The number of carboxylic acids is 1. The van der Waals surface area contributed by atoms with Gasteiger partial charge in [0.25, 0.3) is 0 Å². The van der Waals surface area contributed by atoms with Crippen molar-refractivity contribution in [2.75, 3.05) is 13.7 Å². The molecular formula is C15H24N2O7. The molecule has 136 valence electrons. The number of aliphatic carboxylic acids is 1. The third-order valence-electron chi connectivity index (χ3n) is 2.25. The van der Waals surface area contributed by atoms with Crippen LogP contribution >= 0.6 is 0 Å². The number of nitrogens with zero attached hydrogens (tertiary/aromatic N) is 1. The van der Waals surface area contributed by atoms with Gasteiger partial charge in [-0.15, -0.1) is 0 Å². The van der Waals surface area contributed by atoms with Crippen molar-refractivity contribution < 1.29 is 29.1 Å². The van der Waals surface area contributed by atoms with Crippen LogP contribution in [0.3, 0.4) is 0 Å². The summed E-state index contributed by atoms with van der Waals surface area (Å²) in [4.78, 5) is 28.7. The second kappa shape index (κ2) is 12.8. The number of nitro groups is 1. The van der Waals surface area contributed by atoms with Crippen LogP contribution in [0.5, 0.6) is 5.75 Å². The Labute approximate surface area is 140 Å². The van der Waals surface area contributed by atoms with Gasteiger partial charge in [0.05, 0.1) is 23.6 Å². The normalized spacial score (nSPS) is 9.50. The Balaban J connectivity index is 0. The topological polar surface area (TPSA) is 142 Å². The molecular weight excluding hydrogens is 320 g/mol. The van der Waals surface area contributed by atoms with Crippen LogP contribution in [0.25, 0.3) is 0 Å². The molecule has 1 aromatic carbocycles. The molecule has 0 saturated heterocycles. The number of rotatable bonds is 5. The van der Waals surface area contributed by atoms with Crippen LogP contribution < -0.4 is 10.5 Å². The third kappa shape index (κ3) is 14.3. The highest BCUT2D eigenvalue weighted by molar-refractivity contribution is 5.66. The van der Waals surface area contributed by atoms with Gasteiger partial charge < -0.3 is 20.3 Å². The van der Waals surface area contributed by atoms with Crippen LogP contribution in [0.4, 0.5) is 5.69 Å². The van der Waals surface area contributed by atoms with Gasteiger partial charge >= 0.3 is 11.7 Å². The van der Waals surface area contributed by atoms with E-state index in [0.29, 0.717) is 0 Å². The van der Waals surface area contributed by atoms with Crippen LogP contribution in [0.1, 0.15) is 27.2 Å². The molecule has 0 aromatic heterocycles. The van der Waals surface area contributed by atoms with Crippen molar-refractivity contribution in [3.63, 3.8) is 0 Å². The van der Waals surface area contributed by atoms with E-state index in [2.05, 4.69) is 5.73 Å². The lowest BCUT2D eigenvalue weighted by Crippen LogP contribution is -2.15. The molecule has 0 heterocycles. The SMILES string of the molecule is COC(C)(C)C.NC=O.O=C(O)CCOc1ccccc1[N+](=O)[O-]. The van der Waals surface area contributed by atoms with Gasteiger partial charge in [0.2, 0.25) is 6.41 Å². The van der Waals surface area contributed by atoms with Crippen LogP contribution in [0.15, 0.2) is 24.3 Å². The number of carboxylic acid groups (broad SMARTS) is 1. The van der Waals surface area contributed by atoms with E-state index in [0.717, 1.165) is 0 Å². The first-order chi connectivity index (χ1) is 11.1. The van der Waals surface area contributed by atoms with Crippen molar-refractivity contribution in [3.8, 4) is 5.75 Å². The van der Waals surface area contributed by atoms with E-state index in [9.17, 15) is 14.9 Å². The lowest BCUT2D eigenvalue weighted by Gasteiger charge is -2.14. The number of methoxy groups -OCH3 is 1. The molecule has 0 aliphatic rings. The number of nitro benzene ring substituents is 1. The number of ether oxygens (including phenoxy) is 2. The molecule has 0 fully saturated rings. The lowest BCUT2D eigenvalue weighted by molar-refractivity contribution is -0.385. The summed E-state index contributed by atoms with van der Waals surface area (Å²) in [6, 6.07) is 5.83. The summed E-state index contributed by atoms with van der Waals surface area (Å²) in [6.45, 7) is 5.98. The summed E-state index contributed by atoms with van der Waals surface area (Å²) >= 11 is 0. The zero-order valence-electron chi connectivity index (χ0n) is 14.2. The summed E-state index contributed by atoms with van der Waals surface area (Å²) in [5, 5.41) is 18.9. The number of hydrogen-bond donors (Lipinski definition) is 2. The fraction of sp³-hybridized carbons (Fsp3) is 0.467. The monoisotopic (exact) mass is 344 g/mol. The van der Waals surface area contributed by atoms with Gasteiger partial charge in [0.1, 0.15) is 0 Å². The van der Waals surface area contributed by atoms with Gasteiger partial charge in [0, 0.05) is 13.2 Å². The van der Waals surface area contributed by atoms with Gasteiger partial charge in [-0.05, 0) is 26.8 Å². The summed E-state index contributed by atoms with van der Waals surface area (Å²) < 4.78 is 9.92. The molecule has 0 spiro atoms. The van der Waals surface area contributed by atoms with Crippen LogP contribution in [-0.4, -0.2) is 41.7 Å². The van der Waals surface area contributed by atoms with Gasteiger partial charge in [-0.2, -0.15) is 0 Å². The second-order valence-electron chi connectivity index (χ2n) is 5.17. The minimum Gasteiger partial charge on any atom is -0.486 e. The molecule has 0 saturated carbocycles. The molecule has 1 amide bonds. The van der Waals surface area contributed by atoms with Crippen molar-refractivity contribution in [1.29, 1.82) is 0 Å². The van der Waals surface area contributed by atoms with Crippen molar-refractivity contribution >= 4 is 18.1 Å². The summed E-state index contributed by atoms with van der Waals surface area (Å²) in [5.41, 5.74) is 4.04. The highest BCUT2D eigenvalue weighted by Crippen LogP contribution is 2.25. The summed E-state index contributed by atoms with van der Waals surface area (Å²) in [5.74, 6) is -0.919. The molecule has 1 aromatic rings. The molecule has 0 aliphatic carbocycles. The van der Waals surface area contributed by atoms with Gasteiger partial charge in [-0.25, -0.2) is 0 Å². The first-order valence-electron chi connectivity index (χ1n) is 6.87. The lowest BCUT2D eigenvalue weighted by atomic mass is 10.2. The number of benzene rings is 1. The number of carbonyl (C=O) groups excluding carboxylic acids is 1. The van der Waals surface area contributed by atoms with E-state index < -0.39 is 10.9 Å². The molecule has 0 unspecified atom stereocenters. The number of primary amides is 1. The standard InChI is InChI=1S/C9H9NO5.C5H12O.CH3NO/c11-9(12)5-6-15-8-4-2-1-3-7(8)10(13)14;1-5(2,3)6-4;2-1-3/h1-4H,5-6H2,(H,11,12);1-4H3;1H,(H2,2,3). The second-order valence-corrected chi connectivity index (χ2v) is 5.17. The van der Waals surface area contributed by atoms with Crippen molar-refractivity contribution in [2.45, 2.75) is 32.8 Å². The maximum absolute atomic E-state index is 10.5. The average molecular weight is 344 g/mol. The first kappa shape index (κ1) is 23.6. The van der Waals surface area contributed by atoms with E-state index in [1.807, 2.05) is 20.8 Å². The number of nitrogens with two attached hydrogens (primary N) is 1. The zero-order chi connectivity index (χ0) is 19.2. The molecule has 0 radical (unpaired) electrons. The molecule has 24 heavy (non-hydrogen) atoms. The first-order valence-corrected chi connectivity index (χ1v) is 6.87. The fourth-order valence-corrected chi connectivity index (χ4v) is 0.978. The van der Waals surface area contributed by atoms with Gasteiger partial charge in [-0.1, -0.05) is 12.1 Å². The number of para-hydroxylation sites is 2. The van der Waals surface area contributed by atoms with Crippen molar-refractivity contribution in [2.24, 2.45) is 5.73 Å². The molecule has 0 bridgehead atoms. The van der Waals surface area contributed by atoms with Gasteiger partial charge in [-0.3, -0.25) is 19.7 Å². The van der Waals surface area contributed by atoms with E-state index >= 15 is 0 Å². The molecule has 0 aliphatic heterocycles. The third-order valence-corrected chi connectivity index (χ3v) is 2.25. The molecule has 9 heteroatoms. The Bertz CT molecular complexity index is 513. The van der Waals surface area contributed by atoms with Crippen LogP contribution in [0, 0.1) is 10.1 Å². The smallest absolute Gasteiger partial charge is 0.310 e. The maximum atomic E-state index is 10.5. The Kier molecular flexibility index (Phi) is 12.6. The van der Waals surface area contributed by atoms with E-state index in [1.165, 1.54) is 18.2 Å². The van der Waals surface area contributed by atoms with Crippen molar-refractivity contribution in [1.82, 2.24) is 0 Å². The Morgan fingerprint density at radius 1 is 1.38 bits per heavy atom. The van der Waals surface area contributed by atoms with Gasteiger partial charge in [0.15, 0.2) is 5.75 Å². The minimum absolute atomic E-state index is 0.0417. The van der Waals surface area contributed by atoms with E-state index in [-0.39, 0.29) is 36.5 Å². The zero-order valence-corrected chi connectivity index (χ0v) is 14.2. The highest BCUT2D eigenvalue weighted by Gasteiger charge is 2.13. The predicted molar refractivity (Wildman–Crippen MR) is 87.9 cm³/mol. The van der Waals surface area contributed by atoms with E-state index in [1.54, 1.807) is 13.2 Å². The van der Waals surface area contributed by atoms with Crippen molar-refractivity contribution in [3.05, 3.63) is 34.4 Å². The highest BCUT2D eigenvalue weighted by atomic mass is 16.6. The predicted octanol–water partition coefficient (Wildman–Crippen LogP) is 1.98. The fourth-order valence-electron chi connectivity index (χ4n) is 0.978. The Morgan fingerprint density at radius 3 is 2.21 bits per heavy atom. The largest absolute Gasteiger partial charge is 0.486 e. The number of carbonyl (C=O) groups is 2. The molecule has 9 nitrogen and oxygen atoms in total. The molecule has 3 N–H and O–H groups in total. The summed E-state index contributed by atoms with van der Waals surface area (Å²) in [6.07, 6.45) is 0.0616. The number of amides is 1. The Hall–Kier alpha value is -2.68. The maximum Gasteiger partial charge on any atom is 0.310 e. The summed E-state index contributed by atoms with van der Waals surface area (Å²) in [7, 11) is 1.71. The molecule has 1 rings (SSSR count). The average Bonchev–Trinajstić information content (AvgIpc) is 2.48. The van der Waals surface area contributed by atoms with Crippen LogP contribution in [-0.2, 0) is 14.3 Å². The number of hydrogen-bond acceptors (Lipinski definition) is 6.